The van der Waals surface area contributed by atoms with E-state index in [9.17, 15) is 4.79 Å². The van der Waals surface area contributed by atoms with Gasteiger partial charge >= 0.3 is 0 Å². The molecular formula is C24H16Cl2N2O2S. The Kier molecular flexibility index (Phi) is 4.97. The molecule has 4 nitrogen and oxygen atoms in total. The number of fused-ring (bicyclic) bond motifs is 2. The maximum Gasteiger partial charge on any atom is 0.267 e. The highest BCUT2D eigenvalue weighted by Crippen LogP contribution is 2.37. The van der Waals surface area contributed by atoms with Crippen LogP contribution in [0.15, 0.2) is 59.0 Å². The first-order valence-electron chi connectivity index (χ1n) is 9.56. The van der Waals surface area contributed by atoms with E-state index in [2.05, 4.69) is 10.3 Å². The third-order valence-electron chi connectivity index (χ3n) is 5.07. The Labute approximate surface area is 192 Å². The van der Waals surface area contributed by atoms with Gasteiger partial charge in [0.2, 0.25) is 5.89 Å². The molecule has 0 aliphatic heterocycles. The molecule has 0 fully saturated rings. The van der Waals surface area contributed by atoms with Gasteiger partial charge in [-0.25, -0.2) is 4.98 Å². The van der Waals surface area contributed by atoms with E-state index in [0.717, 1.165) is 37.9 Å². The average Bonchev–Trinajstić information content (AvgIpc) is 3.30. The van der Waals surface area contributed by atoms with Crippen LogP contribution in [0, 0.1) is 13.8 Å². The molecule has 5 rings (SSSR count). The molecule has 154 valence electrons. The number of thiophene rings is 1. The molecule has 3 aromatic carbocycles. The molecule has 1 amide bonds. The summed E-state index contributed by atoms with van der Waals surface area (Å²) in [7, 11) is 0. The van der Waals surface area contributed by atoms with Gasteiger partial charge in [0.1, 0.15) is 10.4 Å². The Hall–Kier alpha value is -2.86. The fourth-order valence-electron chi connectivity index (χ4n) is 3.41. The Morgan fingerprint density at radius 1 is 1.03 bits per heavy atom. The van der Waals surface area contributed by atoms with Gasteiger partial charge in [0.05, 0.1) is 5.02 Å². The second-order valence-electron chi connectivity index (χ2n) is 7.36. The van der Waals surface area contributed by atoms with Gasteiger partial charge in [-0.2, -0.15) is 0 Å². The number of nitrogens with one attached hydrogen (secondary N) is 1. The topological polar surface area (TPSA) is 55.1 Å². The zero-order valence-electron chi connectivity index (χ0n) is 16.6. The Balaban J connectivity index is 1.49. The molecule has 0 unspecified atom stereocenters. The van der Waals surface area contributed by atoms with Crippen LogP contribution >= 0.6 is 34.5 Å². The molecular weight excluding hydrogens is 451 g/mol. The Morgan fingerprint density at radius 3 is 2.71 bits per heavy atom. The molecule has 0 aliphatic carbocycles. The van der Waals surface area contributed by atoms with Crippen LogP contribution in [0.5, 0.6) is 0 Å². The number of carbonyl (C=O) groups is 1. The van der Waals surface area contributed by atoms with Gasteiger partial charge in [0.15, 0.2) is 5.58 Å². The summed E-state index contributed by atoms with van der Waals surface area (Å²) < 4.78 is 6.80. The number of benzene rings is 3. The summed E-state index contributed by atoms with van der Waals surface area (Å²) in [5.74, 6) is 0.237. The largest absolute Gasteiger partial charge is 0.436 e. The van der Waals surface area contributed by atoms with E-state index < -0.39 is 0 Å². The fraction of sp³-hybridized carbons (Fsp3) is 0.0833. The summed E-state index contributed by atoms with van der Waals surface area (Å²) in [5.41, 5.74) is 5.01. The van der Waals surface area contributed by atoms with Gasteiger partial charge in [-0.3, -0.25) is 4.79 Å². The van der Waals surface area contributed by atoms with E-state index >= 15 is 0 Å². The van der Waals surface area contributed by atoms with Crippen molar-refractivity contribution in [2.24, 2.45) is 0 Å². The highest BCUT2D eigenvalue weighted by atomic mass is 35.5. The highest BCUT2D eigenvalue weighted by Gasteiger charge is 2.19. The smallest absolute Gasteiger partial charge is 0.267 e. The Bertz CT molecular complexity index is 1490. The van der Waals surface area contributed by atoms with Crippen LogP contribution in [0.4, 0.5) is 5.69 Å². The average molecular weight is 467 g/mol. The lowest BCUT2D eigenvalue weighted by Gasteiger charge is -2.09. The lowest BCUT2D eigenvalue weighted by molar-refractivity contribution is 0.103. The van der Waals surface area contributed by atoms with Crippen molar-refractivity contribution in [3.05, 3.63) is 80.6 Å². The maximum atomic E-state index is 13.0. The summed E-state index contributed by atoms with van der Waals surface area (Å²) in [6, 6.07) is 17.0. The molecule has 0 saturated carbocycles. The number of hydrogen-bond acceptors (Lipinski definition) is 4. The number of nitrogens with zero attached hydrogens (tertiary/aromatic N) is 1. The first-order valence-corrected chi connectivity index (χ1v) is 11.1. The first kappa shape index (κ1) is 20.1. The quantitative estimate of drug-likeness (QED) is 0.294. The summed E-state index contributed by atoms with van der Waals surface area (Å²) in [6.45, 7) is 3.94. The lowest BCUT2D eigenvalue weighted by Crippen LogP contribution is -2.11. The van der Waals surface area contributed by atoms with E-state index in [-0.39, 0.29) is 5.91 Å². The number of aryl methyl sites for hydroxylation is 2. The molecule has 0 spiro atoms. The number of halogens is 2. The van der Waals surface area contributed by atoms with E-state index in [0.29, 0.717) is 26.5 Å². The summed E-state index contributed by atoms with van der Waals surface area (Å²) >= 11 is 13.9. The maximum absolute atomic E-state index is 13.0. The van der Waals surface area contributed by atoms with E-state index in [4.69, 9.17) is 27.6 Å². The van der Waals surface area contributed by atoms with Gasteiger partial charge < -0.3 is 9.73 Å². The molecule has 0 aliphatic rings. The zero-order valence-corrected chi connectivity index (χ0v) is 19.0. The second-order valence-corrected chi connectivity index (χ2v) is 9.23. The van der Waals surface area contributed by atoms with Gasteiger partial charge in [-0.1, -0.05) is 41.4 Å². The number of carbonyl (C=O) groups excluding carboxylic acids is 1. The van der Waals surface area contributed by atoms with Gasteiger partial charge in [0.25, 0.3) is 5.91 Å². The minimum absolute atomic E-state index is 0.268. The second kappa shape index (κ2) is 7.68. The van der Waals surface area contributed by atoms with Gasteiger partial charge in [-0.15, -0.1) is 11.3 Å². The molecule has 2 aromatic heterocycles. The number of anilines is 1. The molecule has 7 heteroatoms. The zero-order chi connectivity index (χ0) is 21.7. The van der Waals surface area contributed by atoms with Crippen molar-refractivity contribution in [1.82, 2.24) is 4.98 Å². The van der Waals surface area contributed by atoms with E-state index in [1.54, 1.807) is 6.07 Å². The van der Waals surface area contributed by atoms with Gasteiger partial charge in [0, 0.05) is 26.4 Å². The van der Waals surface area contributed by atoms with E-state index in [1.807, 2.05) is 62.4 Å². The van der Waals surface area contributed by atoms with Crippen LogP contribution in [-0.4, -0.2) is 10.9 Å². The number of hydrogen-bond donors (Lipinski definition) is 1. The standard InChI is InChI=1S/C24H16Cl2N2O2S/c1-12-3-8-17-19(9-12)30-24(28-17)14-5-4-13(2)18(10-14)27-23(29)22-21(26)16-7-6-15(25)11-20(16)31-22/h3-11H,1-2H3,(H,27,29). The van der Waals surface area contributed by atoms with E-state index in [1.165, 1.54) is 11.3 Å². The van der Waals surface area contributed by atoms with Crippen LogP contribution in [0.3, 0.4) is 0 Å². The molecule has 31 heavy (non-hydrogen) atoms. The van der Waals surface area contributed by atoms with Crippen LogP contribution in [0.25, 0.3) is 32.6 Å². The van der Waals surface area contributed by atoms with Crippen LogP contribution < -0.4 is 5.32 Å². The highest BCUT2D eigenvalue weighted by molar-refractivity contribution is 7.21. The van der Waals surface area contributed by atoms with Crippen LogP contribution in [0.2, 0.25) is 10.0 Å². The van der Waals surface area contributed by atoms with Crippen molar-refractivity contribution < 1.29 is 9.21 Å². The normalized spacial score (nSPS) is 11.4. The van der Waals surface area contributed by atoms with Gasteiger partial charge in [-0.05, 0) is 61.4 Å². The summed E-state index contributed by atoms with van der Waals surface area (Å²) in [4.78, 5) is 18.0. The lowest BCUT2D eigenvalue weighted by atomic mass is 10.1. The molecule has 2 heterocycles. The van der Waals surface area contributed by atoms with Crippen molar-refractivity contribution in [3.8, 4) is 11.5 Å². The molecule has 0 atom stereocenters. The van der Waals surface area contributed by atoms with Crippen LogP contribution in [0.1, 0.15) is 20.8 Å². The molecule has 1 N–H and O–H groups in total. The predicted octanol–water partition coefficient (Wildman–Crippen LogP) is 7.89. The minimum atomic E-state index is -0.268. The monoisotopic (exact) mass is 466 g/mol. The molecule has 5 aromatic rings. The number of oxazole rings is 1. The number of aromatic nitrogens is 1. The summed E-state index contributed by atoms with van der Waals surface area (Å²) in [5, 5.41) is 4.83. The number of amides is 1. The van der Waals surface area contributed by atoms with Crippen molar-refractivity contribution in [2.45, 2.75) is 13.8 Å². The Morgan fingerprint density at radius 2 is 1.87 bits per heavy atom. The molecule has 0 radical (unpaired) electrons. The SMILES string of the molecule is Cc1ccc2nc(-c3ccc(C)c(NC(=O)c4sc5cc(Cl)ccc5c4Cl)c3)oc2c1. The molecule has 0 saturated heterocycles. The third-order valence-corrected chi connectivity index (χ3v) is 6.97. The summed E-state index contributed by atoms with van der Waals surface area (Å²) in [6.07, 6.45) is 0. The van der Waals surface area contributed by atoms with Crippen molar-refractivity contribution in [2.75, 3.05) is 5.32 Å². The van der Waals surface area contributed by atoms with Crippen LogP contribution in [-0.2, 0) is 0 Å². The number of rotatable bonds is 3. The minimum Gasteiger partial charge on any atom is -0.436 e. The predicted molar refractivity (Wildman–Crippen MR) is 129 cm³/mol. The fourth-order valence-corrected chi connectivity index (χ4v) is 5.10. The van der Waals surface area contributed by atoms with Crippen molar-refractivity contribution >= 4 is 67.3 Å². The van der Waals surface area contributed by atoms with Crippen molar-refractivity contribution in [3.63, 3.8) is 0 Å². The van der Waals surface area contributed by atoms with Crippen molar-refractivity contribution in [1.29, 1.82) is 0 Å². The molecule has 0 bridgehead atoms. The first-order chi connectivity index (χ1) is 14.9. The third kappa shape index (κ3) is 3.69.